The molecule has 2 aromatic heterocycles. The van der Waals surface area contributed by atoms with Crippen LogP contribution in [0.2, 0.25) is 0 Å². The van der Waals surface area contributed by atoms with Crippen molar-refractivity contribution in [1.29, 1.82) is 0 Å². The van der Waals surface area contributed by atoms with E-state index in [4.69, 9.17) is 0 Å². The van der Waals surface area contributed by atoms with Gasteiger partial charge in [0.2, 0.25) is 0 Å². The number of H-pyrrole nitrogens is 1. The minimum Gasteiger partial charge on any atom is -0.356 e. The number of nitrogens with zero attached hydrogens (tertiary/aromatic N) is 3. The predicted octanol–water partition coefficient (Wildman–Crippen LogP) is 1.81. The van der Waals surface area contributed by atoms with E-state index in [-0.39, 0.29) is 12.4 Å². The lowest BCUT2D eigenvalue weighted by Gasteiger charge is -2.26. The summed E-state index contributed by atoms with van der Waals surface area (Å²) >= 11 is 0. The monoisotopic (exact) mass is 293 g/mol. The summed E-state index contributed by atoms with van der Waals surface area (Å²) in [4.78, 5) is 14.3. The molecule has 1 aliphatic carbocycles. The van der Waals surface area contributed by atoms with Crippen LogP contribution in [0.5, 0.6) is 0 Å². The summed E-state index contributed by atoms with van der Waals surface area (Å²) in [5, 5.41) is 4.63. The molecule has 6 heteroatoms. The third-order valence-electron chi connectivity index (χ3n) is 4.84. The van der Waals surface area contributed by atoms with Crippen LogP contribution in [0.15, 0.2) is 18.6 Å². The smallest absolute Gasteiger partial charge is 0.142 e. The van der Waals surface area contributed by atoms with Crippen LogP contribution in [0.1, 0.15) is 12.8 Å². The van der Waals surface area contributed by atoms with Gasteiger partial charge in [-0.25, -0.2) is 9.97 Å². The highest BCUT2D eigenvalue weighted by Crippen LogP contribution is 2.38. The average Bonchev–Trinajstić information content (AvgIpc) is 3.11. The molecule has 0 spiro atoms. The van der Waals surface area contributed by atoms with Gasteiger partial charge in [0, 0.05) is 19.3 Å². The molecular weight excluding hydrogens is 274 g/mol. The van der Waals surface area contributed by atoms with Crippen molar-refractivity contribution in [3.05, 3.63) is 18.6 Å². The highest BCUT2D eigenvalue weighted by molar-refractivity contribution is 5.87. The molecule has 2 aromatic rings. The van der Waals surface area contributed by atoms with Crippen LogP contribution < -0.4 is 10.2 Å². The summed E-state index contributed by atoms with van der Waals surface area (Å²) in [7, 11) is 2.17. The van der Waals surface area contributed by atoms with Crippen molar-refractivity contribution >= 4 is 29.3 Å². The SMILES string of the molecule is CN(c1ncnc2[nH]ccc12)C1CC2CNC[C@H]2C1.Cl. The Hall–Kier alpha value is -1.33. The Morgan fingerprint density at radius 2 is 1.95 bits per heavy atom. The minimum absolute atomic E-state index is 0. The van der Waals surface area contributed by atoms with E-state index in [1.807, 2.05) is 6.20 Å². The molecule has 1 aliphatic heterocycles. The van der Waals surface area contributed by atoms with Crippen LogP contribution in [-0.4, -0.2) is 41.1 Å². The number of hydrogen-bond donors (Lipinski definition) is 2. The minimum atomic E-state index is 0. The van der Waals surface area contributed by atoms with Gasteiger partial charge in [-0.15, -0.1) is 12.4 Å². The van der Waals surface area contributed by atoms with E-state index in [1.165, 1.54) is 25.9 Å². The van der Waals surface area contributed by atoms with E-state index < -0.39 is 0 Å². The molecule has 0 bridgehead atoms. The molecule has 3 heterocycles. The quantitative estimate of drug-likeness (QED) is 0.887. The third-order valence-corrected chi connectivity index (χ3v) is 4.84. The number of hydrogen-bond acceptors (Lipinski definition) is 4. The number of halogens is 1. The topological polar surface area (TPSA) is 56.8 Å². The molecule has 3 atom stereocenters. The second kappa shape index (κ2) is 5.22. The maximum atomic E-state index is 4.50. The van der Waals surface area contributed by atoms with E-state index in [0.29, 0.717) is 6.04 Å². The first-order valence-corrected chi connectivity index (χ1v) is 7.04. The van der Waals surface area contributed by atoms with Crippen LogP contribution in [0.3, 0.4) is 0 Å². The number of nitrogens with one attached hydrogen (secondary N) is 2. The zero-order chi connectivity index (χ0) is 12.8. The lowest BCUT2D eigenvalue weighted by atomic mass is 10.0. The van der Waals surface area contributed by atoms with Crippen LogP contribution in [0.4, 0.5) is 5.82 Å². The number of rotatable bonds is 2. The summed E-state index contributed by atoms with van der Waals surface area (Å²) in [5.41, 5.74) is 0.928. The third kappa shape index (κ3) is 2.05. The summed E-state index contributed by atoms with van der Waals surface area (Å²) in [5.74, 6) is 2.77. The molecule has 0 radical (unpaired) electrons. The Kier molecular flexibility index (Phi) is 3.56. The molecule has 2 N–H and O–H groups in total. The van der Waals surface area contributed by atoms with E-state index in [1.54, 1.807) is 6.33 Å². The molecule has 1 saturated heterocycles. The predicted molar refractivity (Wildman–Crippen MR) is 82.4 cm³/mol. The van der Waals surface area contributed by atoms with Gasteiger partial charge in [-0.3, -0.25) is 0 Å². The van der Waals surface area contributed by atoms with Crippen LogP contribution in [0, 0.1) is 11.8 Å². The van der Waals surface area contributed by atoms with Crippen molar-refractivity contribution in [1.82, 2.24) is 20.3 Å². The molecule has 0 amide bonds. The van der Waals surface area contributed by atoms with Gasteiger partial charge in [0.15, 0.2) is 0 Å². The van der Waals surface area contributed by atoms with E-state index in [9.17, 15) is 0 Å². The van der Waals surface area contributed by atoms with Crippen molar-refractivity contribution in [2.45, 2.75) is 18.9 Å². The maximum Gasteiger partial charge on any atom is 0.142 e. The molecule has 2 unspecified atom stereocenters. The fraction of sp³-hybridized carbons (Fsp3) is 0.571. The van der Waals surface area contributed by atoms with Gasteiger partial charge in [-0.05, 0) is 43.8 Å². The Bertz CT molecular complexity index is 586. The first-order chi connectivity index (χ1) is 9.33. The Morgan fingerprint density at radius 3 is 2.70 bits per heavy atom. The number of anilines is 1. The molecular formula is C14H20ClN5. The Labute approximate surface area is 124 Å². The number of aromatic nitrogens is 3. The zero-order valence-electron chi connectivity index (χ0n) is 11.5. The van der Waals surface area contributed by atoms with Crippen molar-refractivity contribution in [3.63, 3.8) is 0 Å². The van der Waals surface area contributed by atoms with Gasteiger partial charge in [0.05, 0.1) is 5.39 Å². The molecule has 1 saturated carbocycles. The molecule has 20 heavy (non-hydrogen) atoms. The van der Waals surface area contributed by atoms with Crippen LogP contribution >= 0.6 is 12.4 Å². The van der Waals surface area contributed by atoms with Gasteiger partial charge >= 0.3 is 0 Å². The van der Waals surface area contributed by atoms with Crippen molar-refractivity contribution in [2.24, 2.45) is 11.8 Å². The Balaban J connectivity index is 0.00000121. The van der Waals surface area contributed by atoms with Crippen molar-refractivity contribution < 1.29 is 0 Å². The van der Waals surface area contributed by atoms with Gasteiger partial charge < -0.3 is 15.2 Å². The van der Waals surface area contributed by atoms with Crippen LogP contribution in [-0.2, 0) is 0 Å². The van der Waals surface area contributed by atoms with Gasteiger partial charge in [0.1, 0.15) is 17.8 Å². The standard InChI is InChI=1S/C14H19N5.ClH/c1-19(11-4-9-6-15-7-10(9)5-11)14-12-2-3-16-13(12)17-8-18-14;/h2-3,8-11,15H,4-7H2,1H3,(H,16,17,18);1H/t9-,10?,11?;/m1./s1. The van der Waals surface area contributed by atoms with Crippen molar-refractivity contribution in [3.8, 4) is 0 Å². The maximum absolute atomic E-state index is 4.50. The number of aromatic amines is 1. The fourth-order valence-electron chi connectivity index (χ4n) is 3.76. The van der Waals surface area contributed by atoms with Gasteiger partial charge in [0.25, 0.3) is 0 Å². The van der Waals surface area contributed by atoms with Gasteiger partial charge in [-0.2, -0.15) is 0 Å². The second-order valence-corrected chi connectivity index (χ2v) is 5.85. The van der Waals surface area contributed by atoms with Crippen molar-refractivity contribution in [2.75, 3.05) is 25.0 Å². The first kappa shape index (κ1) is 13.6. The molecule has 5 nitrogen and oxygen atoms in total. The lowest BCUT2D eigenvalue weighted by molar-refractivity contribution is 0.494. The Morgan fingerprint density at radius 1 is 1.20 bits per heavy atom. The fourth-order valence-corrected chi connectivity index (χ4v) is 3.76. The average molecular weight is 294 g/mol. The molecule has 4 rings (SSSR count). The summed E-state index contributed by atoms with van der Waals surface area (Å²) in [6.45, 7) is 2.39. The zero-order valence-corrected chi connectivity index (χ0v) is 12.4. The van der Waals surface area contributed by atoms with Gasteiger partial charge in [-0.1, -0.05) is 0 Å². The molecule has 108 valence electrons. The largest absolute Gasteiger partial charge is 0.356 e. The summed E-state index contributed by atoms with van der Waals surface area (Å²) < 4.78 is 0. The van der Waals surface area contributed by atoms with E-state index in [2.05, 4.69) is 38.3 Å². The summed E-state index contributed by atoms with van der Waals surface area (Å²) in [6, 6.07) is 2.68. The lowest BCUT2D eigenvalue weighted by Crippen LogP contribution is -2.31. The summed E-state index contributed by atoms with van der Waals surface area (Å²) in [6.07, 6.45) is 6.15. The van der Waals surface area contributed by atoms with E-state index >= 15 is 0 Å². The highest BCUT2D eigenvalue weighted by Gasteiger charge is 2.39. The molecule has 2 fully saturated rings. The molecule has 0 aromatic carbocycles. The van der Waals surface area contributed by atoms with E-state index in [0.717, 1.165) is 28.7 Å². The molecule has 2 aliphatic rings. The highest BCUT2D eigenvalue weighted by atomic mass is 35.5. The normalized spacial score (nSPS) is 28.4. The van der Waals surface area contributed by atoms with Crippen LogP contribution in [0.25, 0.3) is 11.0 Å². The first-order valence-electron chi connectivity index (χ1n) is 7.04. The number of fused-ring (bicyclic) bond motifs is 2. The second-order valence-electron chi connectivity index (χ2n) is 5.85.